The summed E-state index contributed by atoms with van der Waals surface area (Å²) in [5, 5.41) is 19.6. The Balaban J connectivity index is 1.89. The van der Waals surface area contributed by atoms with Crippen molar-refractivity contribution >= 4 is 11.3 Å². The summed E-state index contributed by atoms with van der Waals surface area (Å²) in [6, 6.07) is 3.88. The minimum absolute atomic E-state index is 0.314. The predicted octanol–water partition coefficient (Wildman–Crippen LogP) is 1.24. The molecule has 1 atom stereocenters. The van der Waals surface area contributed by atoms with Gasteiger partial charge >= 0.3 is 0 Å². The summed E-state index contributed by atoms with van der Waals surface area (Å²) < 4.78 is 10.5. The number of thiophene rings is 1. The fourth-order valence-corrected chi connectivity index (χ4v) is 2.36. The van der Waals surface area contributed by atoms with Gasteiger partial charge in [0, 0.05) is 13.7 Å². The topological polar surface area (TPSA) is 71.6 Å². The molecule has 0 radical (unpaired) electrons. The lowest BCUT2D eigenvalue weighted by molar-refractivity contribution is 0.0404. The van der Waals surface area contributed by atoms with Gasteiger partial charge in [-0.1, -0.05) is 6.07 Å². The fourth-order valence-electron chi connectivity index (χ4n) is 1.72. The van der Waals surface area contributed by atoms with Crippen molar-refractivity contribution in [3.05, 3.63) is 23.4 Å². The molecule has 1 unspecified atom stereocenters. The first-order valence-corrected chi connectivity index (χ1v) is 6.79. The molecule has 0 aliphatic rings. The van der Waals surface area contributed by atoms with Gasteiger partial charge in [0.05, 0.1) is 24.1 Å². The van der Waals surface area contributed by atoms with Crippen LogP contribution >= 0.6 is 11.3 Å². The molecular weight excluding hydrogens is 266 g/mol. The van der Waals surface area contributed by atoms with Gasteiger partial charge in [-0.05, 0) is 18.5 Å². The van der Waals surface area contributed by atoms with Crippen LogP contribution in [0.1, 0.15) is 5.89 Å². The molecule has 0 aliphatic carbocycles. The second-order valence-corrected chi connectivity index (χ2v) is 5.23. The molecular formula is C12H17N3O3S. The first-order valence-electron chi connectivity index (χ1n) is 5.91. The molecule has 0 spiro atoms. The van der Waals surface area contributed by atoms with E-state index < -0.39 is 6.10 Å². The molecule has 0 aliphatic heterocycles. The third-order valence-electron chi connectivity index (χ3n) is 2.49. The van der Waals surface area contributed by atoms with E-state index in [-0.39, 0.29) is 0 Å². The van der Waals surface area contributed by atoms with Crippen molar-refractivity contribution in [3.63, 3.8) is 0 Å². The molecule has 2 rings (SSSR count). The van der Waals surface area contributed by atoms with Gasteiger partial charge in [-0.3, -0.25) is 4.90 Å². The van der Waals surface area contributed by atoms with Crippen LogP contribution in [-0.2, 0) is 11.3 Å². The summed E-state index contributed by atoms with van der Waals surface area (Å²) in [7, 11) is 3.45. The first-order chi connectivity index (χ1) is 9.19. The zero-order chi connectivity index (χ0) is 13.7. The molecule has 0 fully saturated rings. The first kappa shape index (κ1) is 14.1. The van der Waals surface area contributed by atoms with Gasteiger partial charge in [-0.25, -0.2) is 0 Å². The van der Waals surface area contributed by atoms with Crippen LogP contribution in [0.3, 0.4) is 0 Å². The lowest BCUT2D eigenvalue weighted by atomic mass is 10.3. The summed E-state index contributed by atoms with van der Waals surface area (Å²) in [6.07, 6.45) is -0.519. The lowest BCUT2D eigenvalue weighted by Crippen LogP contribution is -2.31. The van der Waals surface area contributed by atoms with Gasteiger partial charge in [0.15, 0.2) is 0 Å². The Kier molecular flexibility index (Phi) is 5.03. The molecule has 2 aromatic heterocycles. The third-order valence-corrected chi connectivity index (χ3v) is 3.34. The van der Waals surface area contributed by atoms with Crippen LogP contribution in [0.25, 0.3) is 10.8 Å². The molecule has 1 N–H and O–H groups in total. The summed E-state index contributed by atoms with van der Waals surface area (Å²) in [4.78, 5) is 2.87. The van der Waals surface area contributed by atoms with Crippen LogP contribution in [0.2, 0.25) is 0 Å². The Morgan fingerprint density at radius 1 is 1.53 bits per heavy atom. The maximum Gasteiger partial charge on any atom is 0.257 e. The van der Waals surface area contributed by atoms with Gasteiger partial charge in [0.2, 0.25) is 5.89 Å². The summed E-state index contributed by atoms with van der Waals surface area (Å²) in [5.74, 6) is 1.08. The number of aliphatic hydroxyl groups excluding tert-OH is 1. The van der Waals surface area contributed by atoms with Gasteiger partial charge in [-0.2, -0.15) is 0 Å². The normalized spacial score (nSPS) is 13.1. The summed E-state index contributed by atoms with van der Waals surface area (Å²) in [6.45, 7) is 1.30. The largest absolute Gasteiger partial charge is 0.419 e. The highest BCUT2D eigenvalue weighted by atomic mass is 32.1. The number of rotatable bonds is 7. The predicted molar refractivity (Wildman–Crippen MR) is 71.8 cm³/mol. The second kappa shape index (κ2) is 6.76. The van der Waals surface area contributed by atoms with E-state index in [2.05, 4.69) is 10.2 Å². The van der Waals surface area contributed by atoms with Crippen LogP contribution < -0.4 is 0 Å². The summed E-state index contributed by atoms with van der Waals surface area (Å²) >= 11 is 1.56. The van der Waals surface area contributed by atoms with Gasteiger partial charge in [0.25, 0.3) is 5.89 Å². The molecule has 0 aromatic carbocycles. The van der Waals surface area contributed by atoms with E-state index in [0.717, 1.165) is 4.88 Å². The highest BCUT2D eigenvalue weighted by Gasteiger charge is 2.13. The SMILES string of the molecule is COCC(O)CN(C)Cc1nnc(-c2cccs2)o1. The van der Waals surface area contributed by atoms with E-state index in [1.165, 1.54) is 0 Å². The zero-order valence-corrected chi connectivity index (χ0v) is 11.8. The molecule has 7 heteroatoms. The smallest absolute Gasteiger partial charge is 0.257 e. The lowest BCUT2D eigenvalue weighted by Gasteiger charge is -2.18. The van der Waals surface area contributed by atoms with E-state index in [1.54, 1.807) is 18.4 Å². The minimum Gasteiger partial charge on any atom is -0.419 e. The van der Waals surface area contributed by atoms with Crippen molar-refractivity contribution in [2.45, 2.75) is 12.6 Å². The van der Waals surface area contributed by atoms with Crippen molar-refractivity contribution in [2.24, 2.45) is 0 Å². The molecule has 0 saturated carbocycles. The Hall–Kier alpha value is -1.28. The number of hydrogen-bond acceptors (Lipinski definition) is 7. The van der Waals surface area contributed by atoms with E-state index >= 15 is 0 Å². The molecule has 2 aromatic rings. The number of likely N-dealkylation sites (N-methyl/N-ethyl adjacent to an activating group) is 1. The highest BCUT2D eigenvalue weighted by molar-refractivity contribution is 7.13. The zero-order valence-electron chi connectivity index (χ0n) is 10.9. The van der Waals surface area contributed by atoms with Gasteiger partial charge in [-0.15, -0.1) is 21.5 Å². The number of ether oxygens (including phenoxy) is 1. The number of hydrogen-bond donors (Lipinski definition) is 1. The van der Waals surface area contributed by atoms with Crippen molar-refractivity contribution in [1.82, 2.24) is 15.1 Å². The quantitative estimate of drug-likeness (QED) is 0.824. The van der Waals surface area contributed by atoms with Crippen LogP contribution in [0.5, 0.6) is 0 Å². The van der Waals surface area contributed by atoms with Crippen molar-refractivity contribution < 1.29 is 14.3 Å². The van der Waals surface area contributed by atoms with Crippen LogP contribution in [0.4, 0.5) is 0 Å². The van der Waals surface area contributed by atoms with Crippen LogP contribution in [0, 0.1) is 0 Å². The molecule has 6 nitrogen and oxygen atoms in total. The number of aromatic nitrogens is 2. The Morgan fingerprint density at radius 3 is 3.05 bits per heavy atom. The van der Waals surface area contributed by atoms with E-state index in [1.807, 2.05) is 29.5 Å². The monoisotopic (exact) mass is 283 g/mol. The van der Waals surface area contributed by atoms with Gasteiger partial charge < -0.3 is 14.3 Å². The number of aliphatic hydroxyl groups is 1. The Labute approximate surface area is 115 Å². The Morgan fingerprint density at radius 2 is 2.37 bits per heavy atom. The number of methoxy groups -OCH3 is 1. The molecule has 0 amide bonds. The number of nitrogens with zero attached hydrogens (tertiary/aromatic N) is 3. The van der Waals surface area contributed by atoms with Gasteiger partial charge in [0.1, 0.15) is 0 Å². The molecule has 104 valence electrons. The minimum atomic E-state index is -0.519. The van der Waals surface area contributed by atoms with E-state index in [0.29, 0.717) is 31.5 Å². The molecule has 0 bridgehead atoms. The fraction of sp³-hybridized carbons (Fsp3) is 0.500. The van der Waals surface area contributed by atoms with Crippen molar-refractivity contribution in [3.8, 4) is 10.8 Å². The molecule has 19 heavy (non-hydrogen) atoms. The average Bonchev–Trinajstić information content (AvgIpc) is 2.98. The summed E-state index contributed by atoms with van der Waals surface area (Å²) in [5.41, 5.74) is 0. The van der Waals surface area contributed by atoms with Crippen molar-refractivity contribution in [1.29, 1.82) is 0 Å². The van der Waals surface area contributed by atoms with E-state index in [4.69, 9.17) is 9.15 Å². The van der Waals surface area contributed by atoms with Crippen LogP contribution in [-0.4, -0.2) is 53.6 Å². The Bertz CT molecular complexity index is 486. The standard InChI is InChI=1S/C12H17N3O3S/c1-15(6-9(16)8-17-2)7-11-13-14-12(18-11)10-4-3-5-19-10/h3-5,9,16H,6-8H2,1-2H3. The molecule has 2 heterocycles. The van der Waals surface area contributed by atoms with Crippen molar-refractivity contribution in [2.75, 3.05) is 27.3 Å². The highest BCUT2D eigenvalue weighted by Crippen LogP contribution is 2.23. The maximum absolute atomic E-state index is 9.62. The second-order valence-electron chi connectivity index (χ2n) is 4.28. The van der Waals surface area contributed by atoms with Crippen LogP contribution in [0.15, 0.2) is 21.9 Å². The third kappa shape index (κ3) is 4.10. The molecule has 0 saturated heterocycles. The average molecular weight is 283 g/mol. The maximum atomic E-state index is 9.62. The van der Waals surface area contributed by atoms with E-state index in [9.17, 15) is 5.11 Å².